The Morgan fingerprint density at radius 3 is 2.67 bits per heavy atom. The fourth-order valence-electron chi connectivity index (χ4n) is 2.65. The summed E-state index contributed by atoms with van der Waals surface area (Å²) in [6.45, 7) is 5.30. The van der Waals surface area contributed by atoms with E-state index in [0.717, 1.165) is 48.4 Å². The van der Waals surface area contributed by atoms with Crippen LogP contribution in [0.4, 0.5) is 0 Å². The molecular formula is C17H19N3O. The fourth-order valence-corrected chi connectivity index (χ4v) is 2.65. The van der Waals surface area contributed by atoms with Crippen LogP contribution in [0.15, 0.2) is 42.7 Å². The summed E-state index contributed by atoms with van der Waals surface area (Å²) >= 11 is 0. The van der Waals surface area contributed by atoms with Gasteiger partial charge in [-0.15, -0.1) is 0 Å². The van der Waals surface area contributed by atoms with Crippen LogP contribution >= 0.6 is 0 Å². The second kappa shape index (κ2) is 6.06. The summed E-state index contributed by atoms with van der Waals surface area (Å²) in [5, 5.41) is 3.27. The average molecular weight is 281 g/mol. The predicted octanol–water partition coefficient (Wildman–Crippen LogP) is 2.10. The number of nitrogens with zero attached hydrogens (tertiary/aromatic N) is 2. The lowest BCUT2D eigenvalue weighted by Crippen LogP contribution is -2.46. The highest BCUT2D eigenvalue weighted by atomic mass is 16.2. The van der Waals surface area contributed by atoms with Gasteiger partial charge in [-0.1, -0.05) is 18.2 Å². The highest BCUT2D eigenvalue weighted by Crippen LogP contribution is 2.22. The molecule has 2 heterocycles. The lowest BCUT2D eigenvalue weighted by molar-refractivity contribution is 0.0735. The van der Waals surface area contributed by atoms with E-state index in [1.807, 2.05) is 42.3 Å². The Balaban J connectivity index is 1.86. The van der Waals surface area contributed by atoms with Crippen LogP contribution in [0.1, 0.15) is 15.9 Å². The third-order valence-electron chi connectivity index (χ3n) is 3.86. The van der Waals surface area contributed by atoms with E-state index in [0.29, 0.717) is 0 Å². The van der Waals surface area contributed by atoms with Crippen molar-refractivity contribution in [2.75, 3.05) is 26.2 Å². The monoisotopic (exact) mass is 281 g/mol. The van der Waals surface area contributed by atoms with Gasteiger partial charge in [-0.2, -0.15) is 0 Å². The van der Waals surface area contributed by atoms with Crippen LogP contribution in [0.3, 0.4) is 0 Å². The highest BCUT2D eigenvalue weighted by molar-refractivity contribution is 5.96. The molecule has 1 aliphatic rings. The van der Waals surface area contributed by atoms with Gasteiger partial charge in [0, 0.05) is 44.1 Å². The largest absolute Gasteiger partial charge is 0.336 e. The number of carbonyl (C=O) groups excluding carboxylic acids is 1. The molecule has 0 saturated carbocycles. The van der Waals surface area contributed by atoms with Crippen molar-refractivity contribution in [1.82, 2.24) is 15.2 Å². The van der Waals surface area contributed by atoms with Gasteiger partial charge in [0.25, 0.3) is 5.91 Å². The molecule has 0 aliphatic carbocycles. The molecule has 1 aromatic heterocycles. The topological polar surface area (TPSA) is 45.2 Å². The number of nitrogens with one attached hydrogen (secondary N) is 1. The molecular weight excluding hydrogens is 262 g/mol. The Morgan fingerprint density at radius 1 is 1.19 bits per heavy atom. The lowest BCUT2D eigenvalue weighted by Gasteiger charge is -2.28. The van der Waals surface area contributed by atoms with Crippen LogP contribution in [0.25, 0.3) is 11.1 Å². The Hall–Kier alpha value is -2.20. The number of aryl methyl sites for hydroxylation is 1. The predicted molar refractivity (Wildman–Crippen MR) is 83.2 cm³/mol. The van der Waals surface area contributed by atoms with Crippen LogP contribution in [-0.4, -0.2) is 42.0 Å². The summed E-state index contributed by atoms with van der Waals surface area (Å²) < 4.78 is 0. The van der Waals surface area contributed by atoms with Crippen LogP contribution in [0, 0.1) is 6.92 Å². The second-order valence-corrected chi connectivity index (χ2v) is 5.31. The summed E-state index contributed by atoms with van der Waals surface area (Å²) in [5.74, 6) is 0.131. The van der Waals surface area contributed by atoms with E-state index in [9.17, 15) is 4.79 Å². The van der Waals surface area contributed by atoms with Crippen molar-refractivity contribution < 1.29 is 4.79 Å². The first kappa shape index (κ1) is 13.8. The molecule has 0 unspecified atom stereocenters. The van der Waals surface area contributed by atoms with Gasteiger partial charge < -0.3 is 10.2 Å². The van der Waals surface area contributed by atoms with Crippen molar-refractivity contribution in [2.24, 2.45) is 0 Å². The Morgan fingerprint density at radius 2 is 2.00 bits per heavy atom. The summed E-state index contributed by atoms with van der Waals surface area (Å²) in [6, 6.07) is 9.94. The molecule has 1 N–H and O–H groups in total. The first-order valence-corrected chi connectivity index (χ1v) is 7.27. The molecule has 2 aromatic rings. The first-order valence-electron chi connectivity index (χ1n) is 7.27. The Kier molecular flexibility index (Phi) is 3.97. The second-order valence-electron chi connectivity index (χ2n) is 5.31. The van der Waals surface area contributed by atoms with Crippen molar-refractivity contribution in [3.63, 3.8) is 0 Å². The number of pyridine rings is 1. The molecule has 0 atom stereocenters. The highest BCUT2D eigenvalue weighted by Gasteiger charge is 2.19. The number of benzene rings is 1. The van der Waals surface area contributed by atoms with E-state index in [1.165, 1.54) is 0 Å². The van der Waals surface area contributed by atoms with E-state index in [1.54, 1.807) is 6.20 Å². The Bertz CT molecular complexity index is 634. The van der Waals surface area contributed by atoms with Gasteiger partial charge in [0.1, 0.15) is 0 Å². The molecule has 0 bridgehead atoms. The number of hydrogen-bond acceptors (Lipinski definition) is 3. The summed E-state index contributed by atoms with van der Waals surface area (Å²) in [7, 11) is 0. The number of piperazine rings is 1. The molecule has 0 spiro atoms. The maximum absolute atomic E-state index is 12.6. The zero-order valence-electron chi connectivity index (χ0n) is 12.2. The number of hydrogen-bond donors (Lipinski definition) is 1. The quantitative estimate of drug-likeness (QED) is 0.917. The molecule has 4 nitrogen and oxygen atoms in total. The van der Waals surface area contributed by atoms with Crippen molar-refractivity contribution in [3.05, 3.63) is 53.9 Å². The molecule has 1 amide bonds. The number of rotatable bonds is 2. The minimum absolute atomic E-state index is 0.131. The third-order valence-corrected chi connectivity index (χ3v) is 3.86. The Labute approximate surface area is 124 Å². The fraction of sp³-hybridized carbons (Fsp3) is 0.294. The lowest BCUT2D eigenvalue weighted by atomic mass is 10.00. The van der Waals surface area contributed by atoms with E-state index in [-0.39, 0.29) is 5.91 Å². The molecule has 4 heteroatoms. The van der Waals surface area contributed by atoms with Gasteiger partial charge in [0.05, 0.1) is 0 Å². The number of carbonyl (C=O) groups is 1. The smallest absolute Gasteiger partial charge is 0.254 e. The molecule has 1 aromatic carbocycles. The minimum Gasteiger partial charge on any atom is -0.336 e. The summed E-state index contributed by atoms with van der Waals surface area (Å²) in [5.41, 5.74) is 3.98. The van der Waals surface area contributed by atoms with E-state index >= 15 is 0 Å². The maximum atomic E-state index is 12.6. The van der Waals surface area contributed by atoms with Gasteiger partial charge in [-0.3, -0.25) is 9.78 Å². The third kappa shape index (κ3) is 2.95. The first-order chi connectivity index (χ1) is 10.3. The molecule has 108 valence electrons. The zero-order chi connectivity index (χ0) is 14.7. The van der Waals surface area contributed by atoms with Crippen molar-refractivity contribution >= 4 is 5.91 Å². The van der Waals surface area contributed by atoms with Crippen LogP contribution in [0.5, 0.6) is 0 Å². The van der Waals surface area contributed by atoms with Gasteiger partial charge in [0.2, 0.25) is 0 Å². The van der Waals surface area contributed by atoms with Crippen LogP contribution in [-0.2, 0) is 0 Å². The van der Waals surface area contributed by atoms with Crippen molar-refractivity contribution in [1.29, 1.82) is 0 Å². The minimum atomic E-state index is 0.131. The zero-order valence-corrected chi connectivity index (χ0v) is 12.2. The molecule has 21 heavy (non-hydrogen) atoms. The van der Waals surface area contributed by atoms with Crippen molar-refractivity contribution in [2.45, 2.75) is 6.92 Å². The van der Waals surface area contributed by atoms with Crippen LogP contribution < -0.4 is 5.32 Å². The molecule has 1 aliphatic heterocycles. The van der Waals surface area contributed by atoms with Crippen molar-refractivity contribution in [3.8, 4) is 11.1 Å². The average Bonchev–Trinajstić information content (AvgIpc) is 2.56. The van der Waals surface area contributed by atoms with E-state index < -0.39 is 0 Å². The molecule has 1 fully saturated rings. The SMILES string of the molecule is Cc1cc(-c2cccnc2)ccc1C(=O)N1CCNCC1. The van der Waals surface area contributed by atoms with E-state index in [2.05, 4.69) is 16.4 Å². The van der Waals surface area contributed by atoms with Gasteiger partial charge in [-0.05, 0) is 35.7 Å². The standard InChI is InChI=1S/C17H19N3O/c1-13-11-14(15-3-2-6-19-12-15)4-5-16(13)17(21)20-9-7-18-8-10-20/h2-6,11-12,18H,7-10H2,1H3. The van der Waals surface area contributed by atoms with Gasteiger partial charge >= 0.3 is 0 Å². The number of amides is 1. The maximum Gasteiger partial charge on any atom is 0.254 e. The van der Waals surface area contributed by atoms with Gasteiger partial charge in [0.15, 0.2) is 0 Å². The summed E-state index contributed by atoms with van der Waals surface area (Å²) in [6.07, 6.45) is 3.60. The van der Waals surface area contributed by atoms with E-state index in [4.69, 9.17) is 0 Å². The normalized spacial score (nSPS) is 15.0. The molecule has 3 rings (SSSR count). The van der Waals surface area contributed by atoms with Gasteiger partial charge in [-0.25, -0.2) is 0 Å². The summed E-state index contributed by atoms with van der Waals surface area (Å²) in [4.78, 5) is 18.6. The number of aromatic nitrogens is 1. The molecule has 0 radical (unpaired) electrons. The van der Waals surface area contributed by atoms with Crippen LogP contribution in [0.2, 0.25) is 0 Å². The molecule has 1 saturated heterocycles.